The Balaban J connectivity index is 1.50. The highest BCUT2D eigenvalue weighted by molar-refractivity contribution is 6.30. The first-order chi connectivity index (χ1) is 13.1. The fourth-order valence-electron chi connectivity index (χ4n) is 2.33. The van der Waals surface area contributed by atoms with Crippen LogP contribution >= 0.6 is 11.6 Å². The number of benzene rings is 3. The van der Waals surface area contributed by atoms with E-state index in [1.807, 2.05) is 24.3 Å². The maximum atomic E-state index is 12.0. The number of ether oxygens (including phenoxy) is 1. The van der Waals surface area contributed by atoms with Crippen molar-refractivity contribution in [3.05, 3.63) is 100 Å². The number of hydrazone groups is 1. The van der Waals surface area contributed by atoms with Gasteiger partial charge in [-0.3, -0.25) is 4.79 Å². The Bertz CT molecular complexity index is 918. The van der Waals surface area contributed by atoms with E-state index >= 15 is 0 Å². The molecule has 1 N–H and O–H groups in total. The van der Waals surface area contributed by atoms with Gasteiger partial charge < -0.3 is 4.74 Å². The van der Waals surface area contributed by atoms with Gasteiger partial charge in [0.1, 0.15) is 12.4 Å². The zero-order valence-electron chi connectivity index (χ0n) is 14.9. The van der Waals surface area contributed by atoms with Crippen molar-refractivity contribution < 1.29 is 9.53 Å². The summed E-state index contributed by atoms with van der Waals surface area (Å²) in [6.45, 7) is 2.58. The minimum Gasteiger partial charge on any atom is -0.489 e. The van der Waals surface area contributed by atoms with Crippen LogP contribution in [0.2, 0.25) is 5.02 Å². The summed E-state index contributed by atoms with van der Waals surface area (Å²) in [6, 6.07) is 22.4. The van der Waals surface area contributed by atoms with Crippen LogP contribution in [-0.4, -0.2) is 12.1 Å². The van der Waals surface area contributed by atoms with E-state index < -0.39 is 0 Å². The van der Waals surface area contributed by atoms with Crippen molar-refractivity contribution >= 4 is 23.7 Å². The highest BCUT2D eigenvalue weighted by atomic mass is 35.5. The largest absolute Gasteiger partial charge is 0.489 e. The Kier molecular flexibility index (Phi) is 6.23. The molecule has 0 saturated carbocycles. The van der Waals surface area contributed by atoms with E-state index in [1.165, 1.54) is 5.56 Å². The Morgan fingerprint density at radius 2 is 1.67 bits per heavy atom. The molecule has 0 aliphatic rings. The number of halogens is 1. The van der Waals surface area contributed by atoms with Gasteiger partial charge in [-0.05, 0) is 66.6 Å². The number of nitrogens with one attached hydrogen (secondary N) is 1. The molecule has 0 aliphatic heterocycles. The molecule has 0 heterocycles. The predicted molar refractivity (Wildman–Crippen MR) is 108 cm³/mol. The van der Waals surface area contributed by atoms with E-state index in [-0.39, 0.29) is 5.91 Å². The van der Waals surface area contributed by atoms with Crippen LogP contribution < -0.4 is 10.2 Å². The molecular weight excluding hydrogens is 360 g/mol. The van der Waals surface area contributed by atoms with Gasteiger partial charge in [0.2, 0.25) is 0 Å². The van der Waals surface area contributed by atoms with Crippen LogP contribution in [0.3, 0.4) is 0 Å². The van der Waals surface area contributed by atoms with Gasteiger partial charge in [-0.15, -0.1) is 0 Å². The van der Waals surface area contributed by atoms with Crippen LogP contribution in [0.15, 0.2) is 77.9 Å². The van der Waals surface area contributed by atoms with E-state index in [2.05, 4.69) is 41.7 Å². The molecule has 0 radical (unpaired) electrons. The lowest BCUT2D eigenvalue weighted by Crippen LogP contribution is -2.17. The number of hydrogen-bond acceptors (Lipinski definition) is 3. The molecule has 0 aromatic heterocycles. The van der Waals surface area contributed by atoms with Crippen molar-refractivity contribution in [2.75, 3.05) is 0 Å². The van der Waals surface area contributed by atoms with Gasteiger partial charge in [0, 0.05) is 10.6 Å². The number of amides is 1. The SMILES string of the molecule is Cc1ccc(COc2ccc(/C=N/NC(=O)c3ccc(Cl)cc3)cc2)cc1. The van der Waals surface area contributed by atoms with Crippen molar-refractivity contribution in [3.63, 3.8) is 0 Å². The van der Waals surface area contributed by atoms with Crippen LogP contribution in [-0.2, 0) is 6.61 Å². The molecule has 3 aromatic carbocycles. The topological polar surface area (TPSA) is 50.7 Å². The third-order valence-electron chi connectivity index (χ3n) is 3.89. The summed E-state index contributed by atoms with van der Waals surface area (Å²) in [5, 5.41) is 4.56. The Morgan fingerprint density at radius 1 is 1.00 bits per heavy atom. The van der Waals surface area contributed by atoms with Gasteiger partial charge in [-0.1, -0.05) is 41.4 Å². The highest BCUT2D eigenvalue weighted by Crippen LogP contribution is 2.14. The van der Waals surface area contributed by atoms with Gasteiger partial charge in [-0.25, -0.2) is 5.43 Å². The number of aryl methyl sites for hydroxylation is 1. The minimum absolute atomic E-state index is 0.291. The van der Waals surface area contributed by atoms with Crippen LogP contribution in [0.5, 0.6) is 5.75 Å². The summed E-state index contributed by atoms with van der Waals surface area (Å²) in [5.41, 5.74) is 6.19. The van der Waals surface area contributed by atoms with Crippen LogP contribution in [0.4, 0.5) is 0 Å². The van der Waals surface area contributed by atoms with Gasteiger partial charge in [-0.2, -0.15) is 5.10 Å². The van der Waals surface area contributed by atoms with E-state index in [0.717, 1.165) is 16.9 Å². The smallest absolute Gasteiger partial charge is 0.271 e. The Hall–Kier alpha value is -3.11. The molecule has 0 unspecified atom stereocenters. The standard InChI is InChI=1S/C22H19ClN2O2/c1-16-2-4-18(5-3-16)15-27-21-12-6-17(7-13-21)14-24-25-22(26)19-8-10-20(23)11-9-19/h2-14H,15H2,1H3,(H,25,26)/b24-14+. The van der Waals surface area contributed by atoms with Gasteiger partial charge in [0.05, 0.1) is 6.21 Å². The molecule has 0 fully saturated rings. The van der Waals surface area contributed by atoms with E-state index in [1.54, 1.807) is 30.5 Å². The summed E-state index contributed by atoms with van der Waals surface area (Å²) < 4.78 is 5.77. The Morgan fingerprint density at radius 3 is 2.33 bits per heavy atom. The molecule has 5 heteroatoms. The lowest BCUT2D eigenvalue weighted by Gasteiger charge is -2.07. The zero-order valence-corrected chi connectivity index (χ0v) is 15.6. The summed E-state index contributed by atoms with van der Waals surface area (Å²) in [6.07, 6.45) is 1.58. The van der Waals surface area contributed by atoms with Crippen molar-refractivity contribution in [2.45, 2.75) is 13.5 Å². The first-order valence-corrected chi connectivity index (χ1v) is 8.85. The second-order valence-electron chi connectivity index (χ2n) is 6.05. The number of nitrogens with zero attached hydrogens (tertiary/aromatic N) is 1. The third kappa shape index (κ3) is 5.69. The van der Waals surface area contributed by atoms with Crippen LogP contribution in [0, 0.1) is 6.92 Å². The quantitative estimate of drug-likeness (QED) is 0.485. The van der Waals surface area contributed by atoms with E-state index in [9.17, 15) is 4.79 Å². The normalized spacial score (nSPS) is 10.7. The number of hydrogen-bond donors (Lipinski definition) is 1. The first-order valence-electron chi connectivity index (χ1n) is 8.47. The molecule has 0 atom stereocenters. The molecule has 136 valence electrons. The molecule has 1 amide bonds. The van der Waals surface area contributed by atoms with Crippen molar-refractivity contribution in [1.29, 1.82) is 0 Å². The predicted octanol–water partition coefficient (Wildman–Crippen LogP) is 4.99. The van der Waals surface area contributed by atoms with Gasteiger partial charge >= 0.3 is 0 Å². The molecule has 0 spiro atoms. The molecule has 4 nitrogen and oxygen atoms in total. The maximum absolute atomic E-state index is 12.0. The monoisotopic (exact) mass is 378 g/mol. The van der Waals surface area contributed by atoms with Crippen LogP contribution in [0.1, 0.15) is 27.0 Å². The Labute approximate surface area is 163 Å². The molecule has 27 heavy (non-hydrogen) atoms. The number of rotatable bonds is 6. The first kappa shape index (κ1) is 18.7. The fraction of sp³-hybridized carbons (Fsp3) is 0.0909. The summed E-state index contributed by atoms with van der Waals surface area (Å²) in [7, 11) is 0. The summed E-state index contributed by atoms with van der Waals surface area (Å²) in [5.74, 6) is 0.485. The van der Waals surface area contributed by atoms with E-state index in [4.69, 9.17) is 16.3 Å². The fourth-order valence-corrected chi connectivity index (χ4v) is 2.46. The second kappa shape index (κ2) is 9.01. The average molecular weight is 379 g/mol. The van der Waals surface area contributed by atoms with Crippen molar-refractivity contribution in [2.24, 2.45) is 5.10 Å². The number of carbonyl (C=O) groups excluding carboxylic acids is 1. The molecule has 3 aromatic rings. The maximum Gasteiger partial charge on any atom is 0.271 e. The summed E-state index contributed by atoms with van der Waals surface area (Å²) in [4.78, 5) is 12.0. The number of carbonyl (C=O) groups is 1. The minimum atomic E-state index is -0.291. The summed E-state index contributed by atoms with van der Waals surface area (Å²) >= 11 is 5.81. The van der Waals surface area contributed by atoms with Crippen molar-refractivity contribution in [3.8, 4) is 5.75 Å². The van der Waals surface area contributed by atoms with E-state index in [0.29, 0.717) is 17.2 Å². The average Bonchev–Trinajstić information content (AvgIpc) is 2.69. The molecule has 0 saturated heterocycles. The van der Waals surface area contributed by atoms with Crippen molar-refractivity contribution in [1.82, 2.24) is 5.43 Å². The van der Waals surface area contributed by atoms with Crippen LogP contribution in [0.25, 0.3) is 0 Å². The van der Waals surface area contributed by atoms with Gasteiger partial charge in [0.25, 0.3) is 5.91 Å². The third-order valence-corrected chi connectivity index (χ3v) is 4.14. The zero-order chi connectivity index (χ0) is 19.1. The van der Waals surface area contributed by atoms with Gasteiger partial charge in [0.15, 0.2) is 0 Å². The lowest BCUT2D eigenvalue weighted by atomic mass is 10.2. The molecule has 0 aliphatic carbocycles. The molecular formula is C22H19ClN2O2. The lowest BCUT2D eigenvalue weighted by molar-refractivity contribution is 0.0955. The molecule has 0 bridgehead atoms. The highest BCUT2D eigenvalue weighted by Gasteiger charge is 2.03. The second-order valence-corrected chi connectivity index (χ2v) is 6.49. The molecule has 3 rings (SSSR count).